The topological polar surface area (TPSA) is 4.93 Å². The third kappa shape index (κ3) is 3.96. The molecule has 0 radical (unpaired) electrons. The Labute approximate surface area is 226 Å². The molecule has 5 aromatic carbocycles. The van der Waals surface area contributed by atoms with Crippen LogP contribution in [0.15, 0.2) is 97.1 Å². The van der Waals surface area contributed by atoms with Crippen molar-refractivity contribution in [2.45, 2.75) is 41.5 Å². The second kappa shape index (κ2) is 9.37. The standard InChI is InChI=1S/C36H34BN/c1-23-19-25(3)35(26(4)20-23)37(36-27(5)21-24(2)22-28(36)6)29-15-17-30(18-16-29)38-33-13-9-7-11-31(33)32-12-8-10-14-34(32)38/h7-22H,1-6H3. The molecule has 0 atom stereocenters. The first-order chi connectivity index (χ1) is 18.3. The van der Waals surface area contributed by atoms with Gasteiger partial charge in [-0.05, 0) is 65.8 Å². The van der Waals surface area contributed by atoms with Crippen molar-refractivity contribution in [3.8, 4) is 5.69 Å². The van der Waals surface area contributed by atoms with Crippen molar-refractivity contribution < 1.29 is 0 Å². The molecular weight excluding hydrogens is 457 g/mol. The fourth-order valence-corrected chi connectivity index (χ4v) is 6.79. The van der Waals surface area contributed by atoms with Crippen LogP contribution in [0, 0.1) is 41.5 Å². The summed E-state index contributed by atoms with van der Waals surface area (Å²) < 4.78 is 2.40. The van der Waals surface area contributed by atoms with E-state index in [1.165, 1.54) is 77.3 Å². The van der Waals surface area contributed by atoms with Gasteiger partial charge in [0.15, 0.2) is 0 Å². The monoisotopic (exact) mass is 491 g/mol. The van der Waals surface area contributed by atoms with Crippen LogP contribution in [0.4, 0.5) is 0 Å². The highest BCUT2D eigenvalue weighted by Gasteiger charge is 2.28. The Morgan fingerprint density at radius 1 is 0.474 bits per heavy atom. The molecule has 0 N–H and O–H groups in total. The highest BCUT2D eigenvalue weighted by atomic mass is 15.0. The maximum absolute atomic E-state index is 2.40. The van der Waals surface area contributed by atoms with Crippen LogP contribution >= 0.6 is 0 Å². The molecule has 186 valence electrons. The molecule has 1 nitrogen and oxygen atoms in total. The lowest BCUT2D eigenvalue weighted by Gasteiger charge is -2.25. The Balaban J connectivity index is 1.57. The van der Waals surface area contributed by atoms with E-state index in [2.05, 4.69) is 143 Å². The van der Waals surface area contributed by atoms with Crippen molar-refractivity contribution >= 4 is 44.9 Å². The van der Waals surface area contributed by atoms with E-state index in [9.17, 15) is 0 Å². The Bertz CT molecular complexity index is 1660. The van der Waals surface area contributed by atoms with Gasteiger partial charge in [0.25, 0.3) is 0 Å². The minimum atomic E-state index is 0.184. The SMILES string of the molecule is Cc1cc(C)c(B(c2ccc(-n3c4ccccc4c4ccccc43)cc2)c2c(C)cc(C)cc2C)c(C)c1. The number of hydrogen-bond donors (Lipinski definition) is 0. The van der Waals surface area contributed by atoms with Crippen LogP contribution in [0.25, 0.3) is 27.5 Å². The molecule has 0 bridgehead atoms. The van der Waals surface area contributed by atoms with E-state index >= 15 is 0 Å². The predicted octanol–water partition coefficient (Wildman–Crippen LogP) is 7.15. The molecule has 0 saturated heterocycles. The molecule has 1 heterocycles. The number of aromatic nitrogens is 1. The van der Waals surface area contributed by atoms with Crippen molar-refractivity contribution in [2.75, 3.05) is 0 Å². The van der Waals surface area contributed by atoms with Gasteiger partial charge in [-0.25, -0.2) is 0 Å². The zero-order valence-electron chi connectivity index (χ0n) is 23.3. The summed E-state index contributed by atoms with van der Waals surface area (Å²) >= 11 is 0. The number of para-hydroxylation sites is 2. The van der Waals surface area contributed by atoms with E-state index < -0.39 is 0 Å². The van der Waals surface area contributed by atoms with Crippen LogP contribution < -0.4 is 16.4 Å². The van der Waals surface area contributed by atoms with Crippen LogP contribution in [0.2, 0.25) is 0 Å². The van der Waals surface area contributed by atoms with E-state index in [0.29, 0.717) is 0 Å². The summed E-state index contributed by atoms with van der Waals surface area (Å²) in [7, 11) is 0. The van der Waals surface area contributed by atoms with E-state index in [4.69, 9.17) is 0 Å². The third-order valence-corrected chi connectivity index (χ3v) is 8.12. The first-order valence-corrected chi connectivity index (χ1v) is 13.6. The lowest BCUT2D eigenvalue weighted by Crippen LogP contribution is -2.55. The highest BCUT2D eigenvalue weighted by molar-refractivity contribution is 6.96. The molecule has 0 unspecified atom stereocenters. The fraction of sp³-hybridized carbons (Fsp3) is 0.167. The lowest BCUT2D eigenvalue weighted by atomic mass is 9.34. The fourth-order valence-electron chi connectivity index (χ4n) is 6.79. The largest absolute Gasteiger partial charge is 0.309 e. The van der Waals surface area contributed by atoms with Gasteiger partial charge in [-0.1, -0.05) is 123 Å². The quantitative estimate of drug-likeness (QED) is 0.231. The molecule has 0 aliphatic heterocycles. The van der Waals surface area contributed by atoms with Gasteiger partial charge < -0.3 is 4.57 Å². The minimum Gasteiger partial charge on any atom is -0.309 e. The van der Waals surface area contributed by atoms with E-state index in [1.54, 1.807) is 0 Å². The lowest BCUT2D eigenvalue weighted by molar-refractivity contribution is 1.18. The maximum atomic E-state index is 2.40. The number of aryl methyl sites for hydroxylation is 6. The summed E-state index contributed by atoms with van der Waals surface area (Å²) in [5.41, 5.74) is 15.9. The van der Waals surface area contributed by atoms with Gasteiger partial charge in [0.05, 0.1) is 11.0 Å². The van der Waals surface area contributed by atoms with E-state index in [1.807, 2.05) is 0 Å². The van der Waals surface area contributed by atoms with Crippen LogP contribution in [0.5, 0.6) is 0 Å². The Kier molecular flexibility index (Phi) is 5.99. The molecule has 0 amide bonds. The molecule has 6 aromatic rings. The normalized spacial score (nSPS) is 11.4. The van der Waals surface area contributed by atoms with Crippen LogP contribution in [-0.4, -0.2) is 11.3 Å². The van der Waals surface area contributed by atoms with Gasteiger partial charge in [0, 0.05) is 16.5 Å². The van der Waals surface area contributed by atoms with Gasteiger partial charge in [-0.15, -0.1) is 0 Å². The summed E-state index contributed by atoms with van der Waals surface area (Å²) in [4.78, 5) is 0. The van der Waals surface area contributed by atoms with Gasteiger partial charge in [0.1, 0.15) is 0 Å². The molecule has 1 aromatic heterocycles. The summed E-state index contributed by atoms with van der Waals surface area (Å²) in [5, 5.41) is 2.59. The Morgan fingerprint density at radius 2 is 0.868 bits per heavy atom. The molecule has 38 heavy (non-hydrogen) atoms. The molecule has 0 fully saturated rings. The van der Waals surface area contributed by atoms with Gasteiger partial charge in [-0.2, -0.15) is 0 Å². The molecule has 2 heteroatoms. The molecular formula is C36H34BN. The summed E-state index contributed by atoms with van der Waals surface area (Å²) in [5.74, 6) is 0. The first kappa shape index (κ1) is 24.3. The smallest absolute Gasteiger partial charge is 0.242 e. The van der Waals surface area contributed by atoms with Gasteiger partial charge in [0.2, 0.25) is 6.71 Å². The second-order valence-electron chi connectivity index (χ2n) is 11.0. The molecule has 0 saturated carbocycles. The molecule has 6 rings (SSSR count). The number of fused-ring (bicyclic) bond motifs is 3. The first-order valence-electron chi connectivity index (χ1n) is 13.6. The summed E-state index contributed by atoms with van der Waals surface area (Å²) in [6.45, 7) is 13.7. The average molecular weight is 491 g/mol. The van der Waals surface area contributed by atoms with Crippen LogP contribution in [0.1, 0.15) is 33.4 Å². The number of benzene rings is 5. The third-order valence-electron chi connectivity index (χ3n) is 8.12. The summed E-state index contributed by atoms with van der Waals surface area (Å²) in [6, 6.07) is 36.1. The predicted molar refractivity (Wildman–Crippen MR) is 167 cm³/mol. The Hall–Kier alpha value is -4.04. The average Bonchev–Trinajstić information content (AvgIpc) is 3.21. The number of rotatable bonds is 4. The zero-order valence-corrected chi connectivity index (χ0v) is 23.3. The van der Waals surface area contributed by atoms with Gasteiger partial charge >= 0.3 is 0 Å². The maximum Gasteiger partial charge on any atom is 0.242 e. The Morgan fingerprint density at radius 3 is 1.29 bits per heavy atom. The molecule has 0 spiro atoms. The highest BCUT2D eigenvalue weighted by Crippen LogP contribution is 2.31. The minimum absolute atomic E-state index is 0.184. The number of hydrogen-bond acceptors (Lipinski definition) is 0. The van der Waals surface area contributed by atoms with Crippen molar-refractivity contribution in [1.29, 1.82) is 0 Å². The van der Waals surface area contributed by atoms with Crippen molar-refractivity contribution in [2.24, 2.45) is 0 Å². The second-order valence-corrected chi connectivity index (χ2v) is 11.0. The van der Waals surface area contributed by atoms with E-state index in [0.717, 1.165) is 0 Å². The van der Waals surface area contributed by atoms with Crippen LogP contribution in [-0.2, 0) is 0 Å². The molecule has 0 aliphatic rings. The number of nitrogens with zero attached hydrogens (tertiary/aromatic N) is 1. The van der Waals surface area contributed by atoms with Crippen molar-refractivity contribution in [3.05, 3.63) is 130 Å². The van der Waals surface area contributed by atoms with Gasteiger partial charge in [-0.3, -0.25) is 0 Å². The van der Waals surface area contributed by atoms with Crippen molar-refractivity contribution in [3.63, 3.8) is 0 Å². The van der Waals surface area contributed by atoms with Crippen LogP contribution in [0.3, 0.4) is 0 Å². The molecule has 0 aliphatic carbocycles. The van der Waals surface area contributed by atoms with E-state index in [-0.39, 0.29) is 6.71 Å². The zero-order chi connectivity index (χ0) is 26.6. The summed E-state index contributed by atoms with van der Waals surface area (Å²) in [6.07, 6.45) is 0. The van der Waals surface area contributed by atoms with Crippen molar-refractivity contribution in [1.82, 2.24) is 4.57 Å².